The molecule has 14 heteroatoms. The van der Waals surface area contributed by atoms with Crippen LogP contribution in [0, 0.1) is 0 Å². The Labute approximate surface area is 173 Å². The number of rotatable bonds is 0. The van der Waals surface area contributed by atoms with E-state index < -0.39 is 15.6 Å². The summed E-state index contributed by atoms with van der Waals surface area (Å²) in [6.45, 7) is 0. The predicted octanol–water partition coefficient (Wildman–Crippen LogP) is -6.73. The fourth-order valence-electron chi connectivity index (χ4n) is 0. The molecule has 0 aliphatic heterocycles. The molecule has 1 atom stereocenters. The Morgan fingerprint density at radius 2 is 0.571 bits per heavy atom. The van der Waals surface area contributed by atoms with Gasteiger partial charge < -0.3 is 38.5 Å². The number of hydrogen-bond donors (Lipinski definition) is 0. The van der Waals surface area contributed by atoms with Crippen molar-refractivity contribution >= 4 is 139 Å². The molecule has 0 fully saturated rings. The van der Waals surface area contributed by atoms with Gasteiger partial charge >= 0.3 is 113 Å². The van der Waals surface area contributed by atoms with Gasteiger partial charge in [0.05, 0.1) is 0 Å². The third-order valence-electron chi connectivity index (χ3n) is 0. The van der Waals surface area contributed by atoms with Crippen LogP contribution in [0.1, 0.15) is 0 Å². The maximum absolute atomic E-state index is 8.55. The molecule has 0 N–H and O–H groups in total. The summed E-state index contributed by atoms with van der Waals surface area (Å²) in [6, 6.07) is 0. The summed E-state index contributed by atoms with van der Waals surface area (Å²) in [5, 5.41) is 0. The Morgan fingerprint density at radius 3 is 0.571 bits per heavy atom. The minimum atomic E-state index is -5.39. The van der Waals surface area contributed by atoms with Gasteiger partial charge in [-0.05, 0) is 0 Å². The van der Waals surface area contributed by atoms with E-state index in [1.807, 2.05) is 0 Å². The summed E-state index contributed by atoms with van der Waals surface area (Å²) in [5.41, 5.74) is 0. The molecule has 0 aromatic rings. The van der Waals surface area contributed by atoms with Crippen molar-refractivity contribution in [3.05, 3.63) is 0 Å². The van der Waals surface area contributed by atoms with E-state index >= 15 is 0 Å². The normalized spacial score (nSPS) is 8.43. The number of phosphoric acid groups is 2. The smallest absolute Gasteiger partial charge is 0.822 e. The van der Waals surface area contributed by atoms with Crippen LogP contribution in [0.25, 0.3) is 0 Å². The molecule has 1 unspecified atom stereocenters. The first-order chi connectivity index (χ1) is 4.00. The van der Waals surface area contributed by atoms with Crippen LogP contribution in [-0.2, 0) is 9.13 Å². The van der Waals surface area contributed by atoms with Gasteiger partial charge in [-0.2, -0.15) is 25.5 Å². The summed E-state index contributed by atoms with van der Waals surface area (Å²) in [5.74, 6) is 0. The first kappa shape index (κ1) is 36.2. The second-order valence-corrected chi connectivity index (χ2v) is 2.68. The van der Waals surface area contributed by atoms with Crippen molar-refractivity contribution < 1.29 is 38.5 Å². The summed E-state index contributed by atoms with van der Waals surface area (Å²) in [6.07, 6.45) is 0. The molecular weight excluding hydrogens is 341 g/mol. The fraction of sp³-hybridized carbons (Fsp3) is 0. The van der Waals surface area contributed by atoms with Crippen LogP contribution in [0.3, 0.4) is 0 Å². The molecule has 0 bridgehead atoms. The molecule has 0 rings (SSSR count). The van der Waals surface area contributed by atoms with E-state index in [2.05, 4.69) is 0 Å². The molecule has 0 aromatic heterocycles. The molecule has 0 heterocycles. The zero-order chi connectivity index (χ0) is 9.00. The summed E-state index contributed by atoms with van der Waals surface area (Å²) < 4.78 is 17.1. The van der Waals surface area contributed by atoms with E-state index in [4.69, 9.17) is 38.5 Å². The zero-order valence-electron chi connectivity index (χ0n) is 6.99. The second-order valence-electron chi connectivity index (χ2n) is 0.894. The topological polar surface area (TPSA) is 172 Å². The van der Waals surface area contributed by atoms with Crippen LogP contribution in [0.15, 0.2) is 0 Å². The molecule has 14 heavy (non-hydrogen) atoms. The van der Waals surface area contributed by atoms with Crippen LogP contribution in [0.5, 0.6) is 0 Å². The Morgan fingerprint density at radius 1 is 0.571 bits per heavy atom. The molecule has 8 nitrogen and oxygen atoms in total. The van der Waals surface area contributed by atoms with Gasteiger partial charge in [0.25, 0.3) is 0 Å². The maximum Gasteiger partial charge on any atom is 2.00 e. The van der Waals surface area contributed by atoms with Crippen LogP contribution in [0.4, 0.5) is 0 Å². The Bertz CT molecular complexity index is 132. The molecule has 72 valence electrons. The van der Waals surface area contributed by atoms with Gasteiger partial charge in [0, 0.05) is 0 Å². The van der Waals surface area contributed by atoms with E-state index in [0.29, 0.717) is 0 Å². The molecule has 0 aromatic carbocycles. The third-order valence-corrected chi connectivity index (χ3v) is 0. The first-order valence-electron chi connectivity index (χ1n) is 1.46. The average Bonchev–Trinajstić information content (AvgIpc) is 1.12. The second kappa shape index (κ2) is 17.4. The van der Waals surface area contributed by atoms with E-state index in [1.165, 1.54) is 0 Å². The molecule has 0 saturated heterocycles. The Balaban J connectivity index is -0.0000000178. The van der Waals surface area contributed by atoms with Gasteiger partial charge in [0.1, 0.15) is 0 Å². The Kier molecular flexibility index (Phi) is 45.1. The van der Waals surface area contributed by atoms with E-state index in [-0.39, 0.29) is 123 Å². The third kappa shape index (κ3) is 199. The molecule has 0 amide bonds. The first-order valence-corrected chi connectivity index (χ1v) is 4.38. The van der Waals surface area contributed by atoms with Crippen LogP contribution in [-0.4, -0.2) is 113 Å². The van der Waals surface area contributed by atoms with Crippen LogP contribution >= 0.6 is 25.5 Å². The van der Waals surface area contributed by atoms with Crippen LogP contribution in [0.2, 0.25) is 0 Å². The van der Waals surface area contributed by atoms with Crippen molar-refractivity contribution in [3.8, 4) is 0 Å². The zero-order valence-corrected chi connectivity index (χ0v) is 16.8. The van der Waals surface area contributed by atoms with Gasteiger partial charge in [0.15, 0.2) is 0 Å². The van der Waals surface area contributed by atoms with Crippen molar-refractivity contribution in [2.24, 2.45) is 0 Å². The van der Waals surface area contributed by atoms with Crippen LogP contribution < -0.4 is 29.4 Å². The quantitative estimate of drug-likeness (QED) is 0.308. The van der Waals surface area contributed by atoms with Gasteiger partial charge in [-0.15, -0.1) is 0 Å². The van der Waals surface area contributed by atoms with Crippen molar-refractivity contribution in [2.75, 3.05) is 0 Å². The molecule has 0 aliphatic rings. The minimum Gasteiger partial charge on any atom is -0.822 e. The molecule has 0 aliphatic carbocycles. The summed E-state index contributed by atoms with van der Waals surface area (Å²) >= 11 is 0. The van der Waals surface area contributed by atoms with E-state index in [0.717, 1.165) is 0 Å². The van der Waals surface area contributed by atoms with Gasteiger partial charge in [0.2, 0.25) is 0 Å². The largest absolute Gasteiger partial charge is 2.00 e. The summed E-state index contributed by atoms with van der Waals surface area (Å²) in [7, 11) is -10.8. The van der Waals surface area contributed by atoms with Gasteiger partial charge in [-0.1, -0.05) is 0 Å². The van der Waals surface area contributed by atoms with Gasteiger partial charge in [-0.25, -0.2) is 0 Å². The summed E-state index contributed by atoms with van der Waals surface area (Å²) in [4.78, 5) is 51.3. The van der Waals surface area contributed by atoms with E-state index in [1.54, 1.807) is 0 Å². The average molecular weight is 344 g/mol. The SMILES string of the molecule is O=P([O-])([O-])[O-].O=P([O-])([O-])[O-].P.[Ca+2].[Ca+2].[Ca+2]. The number of hydrogen-bond acceptors (Lipinski definition) is 8. The van der Waals surface area contributed by atoms with Gasteiger partial charge in [-0.3, -0.25) is 0 Å². The van der Waals surface area contributed by atoms with E-state index in [9.17, 15) is 0 Å². The predicted molar refractivity (Wildman–Crippen MR) is 43.6 cm³/mol. The van der Waals surface area contributed by atoms with Crippen molar-refractivity contribution in [1.82, 2.24) is 0 Å². The monoisotopic (exact) mass is 344 g/mol. The standard InChI is InChI=1S/3Ca.2H3O4P.H3P/c;;;2*1-5(2,3)4;/h;;;2*(H3,1,2,3,4);1H3/q3*+2;;;/p-6. The molecule has 0 saturated carbocycles. The van der Waals surface area contributed by atoms with Crippen molar-refractivity contribution in [1.29, 1.82) is 0 Å². The van der Waals surface area contributed by atoms with Crippen molar-refractivity contribution in [3.63, 3.8) is 0 Å². The molecule has 0 spiro atoms. The molecule has 0 radical (unpaired) electrons. The maximum atomic E-state index is 8.55. The van der Waals surface area contributed by atoms with Crippen molar-refractivity contribution in [2.45, 2.75) is 0 Å². The fourth-order valence-corrected chi connectivity index (χ4v) is 0. The Hall–Kier alpha value is 4.43. The molecular formula is H3Ca3O8P3. The minimum absolute atomic E-state index is 0.